The first-order valence-electron chi connectivity index (χ1n) is 22.0. The van der Waals surface area contributed by atoms with Crippen LogP contribution in [0.5, 0.6) is 0 Å². The van der Waals surface area contributed by atoms with Gasteiger partial charge >= 0.3 is 0 Å². The van der Waals surface area contributed by atoms with E-state index in [0.717, 1.165) is 57.1 Å². The summed E-state index contributed by atoms with van der Waals surface area (Å²) in [5, 5.41) is 47.7. The molecule has 4 fully saturated rings. The van der Waals surface area contributed by atoms with Gasteiger partial charge in [0.25, 0.3) is 0 Å². The zero-order valence-electron chi connectivity index (χ0n) is 39.4. The zero-order chi connectivity index (χ0) is 44.1. The molecule has 9 N–H and O–H groups in total. The molecular weight excluding hydrogens is 745 g/mol. The Balaban J connectivity index is 1.61. The second-order valence-corrected chi connectivity index (χ2v) is 23.7. The third kappa shape index (κ3) is 8.84. The van der Waals surface area contributed by atoms with E-state index in [1.807, 2.05) is 30.3 Å². The lowest BCUT2D eigenvalue weighted by Crippen LogP contribution is -2.68. The smallest absolute Gasteiger partial charge is 0.233 e. The largest absolute Gasteiger partial charge is 0.338 e. The molecule has 1 aromatic heterocycles. The molecule has 0 amide bonds. The molecule has 0 bridgehead atoms. The molecule has 5 heterocycles. The quantitative estimate of drug-likeness (QED) is 0.319. The molecule has 0 unspecified atom stereocenters. The van der Waals surface area contributed by atoms with Crippen molar-refractivity contribution in [3.63, 3.8) is 0 Å². The molecule has 59 heavy (non-hydrogen) atoms. The molecular formula is C45H82N10O4+4. The number of aromatic nitrogens is 3. The standard InChI is InChI=1S/C45H78N10O4/c1-38(2)22-31(23-39(3,4)52(38)56)50(32-24-40(5,6)53(57)41(7,8)25-32)36-47-35(46-30-20-18-17-19-21-30)48-37(49-36)51(33-26-42(9,10)54(58)43(11,12)27-33)34-28-44(13,14)55(59)45(15,16)29-34/h17-21,31-34,56-59H,22-29H2,1-16H3,(H,46,47,48,49)/p+4. The summed E-state index contributed by atoms with van der Waals surface area (Å²) in [7, 11) is 0. The molecule has 4 saturated heterocycles. The molecule has 14 nitrogen and oxygen atoms in total. The first kappa shape index (κ1) is 45.8. The molecule has 0 radical (unpaired) electrons. The SMILES string of the molecule is CC1(C)CC(N(c2nc(Nc3ccccc3)nc(N(C3CC(C)(C)N([OH2+])C(C)(C)C3)C3CC(C)(C)N([OH2+])C(C)(C)C3)n2)C2CC(C)(C)N([OH2+])C(C)(C)C2)CC(C)(C)N1[OH2+]. The van der Waals surface area contributed by atoms with Crippen molar-refractivity contribution >= 4 is 23.5 Å². The average Bonchev–Trinajstić information content (AvgIpc) is 3.07. The molecule has 6 rings (SSSR count). The van der Waals surface area contributed by atoms with Crippen LogP contribution in [0.4, 0.5) is 23.5 Å². The van der Waals surface area contributed by atoms with Gasteiger partial charge in [-0.15, -0.1) is 0 Å². The van der Waals surface area contributed by atoms with Crippen molar-refractivity contribution < 1.29 is 20.8 Å². The molecule has 332 valence electrons. The Morgan fingerprint density at radius 2 is 0.661 bits per heavy atom. The summed E-state index contributed by atoms with van der Waals surface area (Å²) < 4.78 is 0. The highest BCUT2D eigenvalue weighted by atomic mass is 16.5. The number of nitrogens with zero attached hydrogens (tertiary/aromatic N) is 9. The number of piperidine rings is 4. The number of hydrogen-bond acceptors (Lipinski definition) is 10. The fourth-order valence-corrected chi connectivity index (χ4v) is 12.2. The molecule has 14 heteroatoms. The summed E-state index contributed by atoms with van der Waals surface area (Å²) in [6, 6.07) is 10.1. The lowest BCUT2D eigenvalue weighted by Gasteiger charge is -2.56. The van der Waals surface area contributed by atoms with Gasteiger partial charge < -0.3 is 35.9 Å². The van der Waals surface area contributed by atoms with Crippen molar-refractivity contribution in [2.45, 2.75) is 231 Å². The Hall–Kier alpha value is -2.69. The van der Waals surface area contributed by atoms with Crippen molar-refractivity contribution in [1.29, 1.82) is 0 Å². The summed E-state index contributed by atoms with van der Waals surface area (Å²) in [6.07, 6.45) is 6.02. The van der Waals surface area contributed by atoms with Gasteiger partial charge in [-0.25, -0.2) is 0 Å². The number of nitrogens with one attached hydrogen (secondary N) is 1. The summed E-state index contributed by atoms with van der Waals surface area (Å²) in [5.41, 5.74) is -2.43. The second kappa shape index (κ2) is 15.0. The summed E-state index contributed by atoms with van der Waals surface area (Å²) in [5.74, 6) is 1.72. The van der Waals surface area contributed by atoms with Gasteiger partial charge in [0.1, 0.15) is 0 Å². The normalized spacial score (nSPS) is 27.7. The summed E-state index contributed by atoms with van der Waals surface area (Å²) in [4.78, 5) is 21.4. The molecule has 0 spiro atoms. The van der Waals surface area contributed by atoms with Gasteiger partial charge in [0.05, 0.1) is 44.3 Å². The number of benzene rings is 1. The Bertz CT molecular complexity index is 1550. The fourth-order valence-electron chi connectivity index (χ4n) is 12.2. The molecule has 0 aliphatic carbocycles. The molecule has 1 aromatic carbocycles. The van der Waals surface area contributed by atoms with E-state index in [1.165, 1.54) is 0 Å². The predicted octanol–water partition coefficient (Wildman–Crippen LogP) is 5.87. The van der Waals surface area contributed by atoms with E-state index in [0.29, 0.717) is 17.8 Å². The van der Waals surface area contributed by atoms with Gasteiger partial charge in [0.2, 0.25) is 17.8 Å². The number of rotatable bonds is 8. The van der Waals surface area contributed by atoms with Crippen LogP contribution in [0.25, 0.3) is 0 Å². The zero-order valence-corrected chi connectivity index (χ0v) is 39.4. The minimum absolute atomic E-state index is 0.0117. The third-order valence-corrected chi connectivity index (χ3v) is 14.4. The maximum Gasteiger partial charge on any atom is 0.233 e. The van der Waals surface area contributed by atoms with Gasteiger partial charge in [-0.05, 0) is 174 Å². The van der Waals surface area contributed by atoms with Crippen molar-refractivity contribution in [3.05, 3.63) is 30.3 Å². The topological polar surface area (TPSA) is 162 Å². The number of hydroxylamine groups is 8. The van der Waals surface area contributed by atoms with Crippen LogP contribution >= 0.6 is 0 Å². The maximum atomic E-state index is 9.24. The number of hydrogen-bond donors (Lipinski definition) is 1. The fraction of sp³-hybridized carbons (Fsp3) is 0.800. The lowest BCUT2D eigenvalue weighted by atomic mass is 9.74. The van der Waals surface area contributed by atoms with Crippen LogP contribution in [0, 0.1) is 0 Å². The Morgan fingerprint density at radius 1 is 0.424 bits per heavy atom. The Morgan fingerprint density at radius 3 is 0.898 bits per heavy atom. The van der Waals surface area contributed by atoms with Crippen LogP contribution < -0.4 is 15.1 Å². The van der Waals surface area contributed by atoms with Crippen molar-refractivity contribution in [2.24, 2.45) is 0 Å². The number of anilines is 4. The van der Waals surface area contributed by atoms with Crippen molar-refractivity contribution in [1.82, 2.24) is 35.2 Å². The van der Waals surface area contributed by atoms with Gasteiger partial charge in [0.15, 0.2) is 0 Å². The summed E-state index contributed by atoms with van der Waals surface area (Å²) >= 11 is 0. The first-order valence-corrected chi connectivity index (χ1v) is 22.0. The molecule has 4 aliphatic rings. The average molecular weight is 827 g/mol. The molecule has 0 atom stereocenters. The van der Waals surface area contributed by atoms with Crippen molar-refractivity contribution in [3.8, 4) is 0 Å². The van der Waals surface area contributed by atoms with Crippen LogP contribution in [0.2, 0.25) is 0 Å². The predicted molar refractivity (Wildman–Crippen MR) is 241 cm³/mol. The first-order chi connectivity index (χ1) is 26.8. The molecule has 4 aliphatic heterocycles. The Labute approximate surface area is 354 Å². The van der Waals surface area contributed by atoms with E-state index in [2.05, 4.69) is 126 Å². The minimum Gasteiger partial charge on any atom is -0.338 e. The van der Waals surface area contributed by atoms with Crippen LogP contribution in [0.3, 0.4) is 0 Å². The highest BCUT2D eigenvalue weighted by molar-refractivity contribution is 5.57. The van der Waals surface area contributed by atoms with E-state index in [1.54, 1.807) is 20.3 Å². The van der Waals surface area contributed by atoms with Crippen LogP contribution in [-0.4, -0.2) is 125 Å². The van der Waals surface area contributed by atoms with E-state index in [9.17, 15) is 20.8 Å². The summed E-state index contributed by atoms with van der Waals surface area (Å²) in [6.45, 7) is 34.9. The van der Waals surface area contributed by atoms with E-state index in [-0.39, 0.29) is 24.2 Å². The van der Waals surface area contributed by atoms with E-state index < -0.39 is 44.3 Å². The van der Waals surface area contributed by atoms with Gasteiger partial charge in [0, 0.05) is 29.9 Å². The molecule has 2 aromatic rings. The lowest BCUT2D eigenvalue weighted by molar-refractivity contribution is -0.251. The van der Waals surface area contributed by atoms with E-state index >= 15 is 0 Å². The van der Waals surface area contributed by atoms with Crippen molar-refractivity contribution in [2.75, 3.05) is 15.1 Å². The van der Waals surface area contributed by atoms with Gasteiger partial charge in [-0.3, -0.25) is 0 Å². The highest BCUT2D eigenvalue weighted by Crippen LogP contribution is 2.48. The monoisotopic (exact) mass is 827 g/mol. The number of para-hydroxylation sites is 1. The van der Waals surface area contributed by atoms with Crippen LogP contribution in [0.1, 0.15) is 162 Å². The van der Waals surface area contributed by atoms with Gasteiger partial charge in [-0.2, -0.15) is 15.0 Å². The van der Waals surface area contributed by atoms with Crippen LogP contribution in [-0.2, 0) is 0 Å². The maximum absolute atomic E-state index is 9.24. The highest BCUT2D eigenvalue weighted by Gasteiger charge is 2.57. The minimum atomic E-state index is -0.415. The Kier molecular flexibility index (Phi) is 11.6. The second-order valence-electron chi connectivity index (χ2n) is 23.7. The van der Waals surface area contributed by atoms with E-state index in [4.69, 9.17) is 15.0 Å². The molecule has 0 saturated carbocycles. The van der Waals surface area contributed by atoms with Gasteiger partial charge in [-0.1, -0.05) is 38.5 Å². The third-order valence-electron chi connectivity index (χ3n) is 14.4. The van der Waals surface area contributed by atoms with Crippen LogP contribution in [0.15, 0.2) is 30.3 Å².